The maximum absolute atomic E-state index is 12.8. The normalized spacial score (nSPS) is 45.9. The monoisotopic (exact) mass is 247 g/mol. The summed E-state index contributed by atoms with van der Waals surface area (Å²) in [4.78, 5) is 26.1. The van der Waals surface area contributed by atoms with Crippen LogP contribution in [0, 0.1) is 23.2 Å². The average molecular weight is 247 g/mol. The van der Waals surface area contributed by atoms with E-state index in [1.54, 1.807) is 0 Å². The number of hydrogen-bond acceptors (Lipinski definition) is 2. The maximum atomic E-state index is 12.8. The van der Waals surface area contributed by atoms with Gasteiger partial charge >= 0.3 is 0 Å². The molecule has 3 heteroatoms. The molecule has 4 bridgehead atoms. The molecular weight excluding hydrogens is 226 g/mol. The maximum Gasteiger partial charge on any atom is 0.229 e. The first kappa shape index (κ1) is 11.0. The van der Waals surface area contributed by atoms with Crippen LogP contribution in [-0.2, 0) is 9.59 Å². The molecule has 0 aromatic rings. The van der Waals surface area contributed by atoms with Crippen LogP contribution in [0.5, 0.6) is 0 Å². The van der Waals surface area contributed by atoms with Crippen molar-refractivity contribution in [1.82, 2.24) is 4.90 Å². The van der Waals surface area contributed by atoms with Crippen molar-refractivity contribution >= 4 is 11.7 Å². The van der Waals surface area contributed by atoms with Gasteiger partial charge in [-0.2, -0.15) is 0 Å². The largest absolute Gasteiger partial charge is 0.334 e. The summed E-state index contributed by atoms with van der Waals surface area (Å²) in [5.74, 6) is 2.98. The van der Waals surface area contributed by atoms with Crippen molar-refractivity contribution in [2.24, 2.45) is 23.2 Å². The highest BCUT2D eigenvalue weighted by atomic mass is 16.2. The lowest BCUT2D eigenvalue weighted by Gasteiger charge is -2.56. The first-order valence-electron chi connectivity index (χ1n) is 7.46. The first-order chi connectivity index (χ1) is 8.64. The van der Waals surface area contributed by atoms with Gasteiger partial charge < -0.3 is 4.90 Å². The number of hydrogen-bond donors (Lipinski definition) is 0. The number of carbonyl (C=O) groups is 2. The first-order valence-corrected chi connectivity index (χ1v) is 7.46. The third-order valence-electron chi connectivity index (χ3n) is 5.81. The molecule has 1 aliphatic heterocycles. The molecule has 0 aromatic carbocycles. The lowest BCUT2D eigenvalue weighted by molar-refractivity contribution is -0.156. The van der Waals surface area contributed by atoms with Crippen molar-refractivity contribution in [3.63, 3.8) is 0 Å². The number of likely N-dealkylation sites (tertiary alicyclic amines) is 1. The lowest BCUT2D eigenvalue weighted by Crippen LogP contribution is -2.54. The summed E-state index contributed by atoms with van der Waals surface area (Å²) in [6, 6.07) is 0. The smallest absolute Gasteiger partial charge is 0.229 e. The number of Topliss-reactive ketones (excluding diaryl/α,β-unsaturated/α-hetero) is 1. The van der Waals surface area contributed by atoms with Crippen LogP contribution in [-0.4, -0.2) is 29.7 Å². The van der Waals surface area contributed by atoms with Crippen molar-refractivity contribution in [3.8, 4) is 0 Å². The molecule has 4 saturated carbocycles. The molecule has 18 heavy (non-hydrogen) atoms. The van der Waals surface area contributed by atoms with Gasteiger partial charge in [0.15, 0.2) is 5.78 Å². The third-order valence-corrected chi connectivity index (χ3v) is 5.81. The fraction of sp³-hybridized carbons (Fsp3) is 0.867. The van der Waals surface area contributed by atoms with E-state index in [0.29, 0.717) is 25.4 Å². The molecule has 3 nitrogen and oxygen atoms in total. The Morgan fingerprint density at radius 1 is 1.06 bits per heavy atom. The van der Waals surface area contributed by atoms with Gasteiger partial charge in [-0.05, 0) is 56.3 Å². The highest BCUT2D eigenvalue weighted by molar-refractivity contribution is 5.92. The Bertz CT molecular complexity index is 379. The number of carbonyl (C=O) groups excluding carboxylic acids is 2. The molecule has 0 radical (unpaired) electrons. The molecule has 0 aromatic heterocycles. The standard InChI is InChI=1S/C15H21NO2/c17-13-1-2-16(9-13)14(18)15-6-10-3-11(7-15)5-12(4-10)8-15/h10-12H,1-9H2. The van der Waals surface area contributed by atoms with Crippen molar-refractivity contribution in [2.75, 3.05) is 13.1 Å². The van der Waals surface area contributed by atoms with Crippen molar-refractivity contribution < 1.29 is 9.59 Å². The van der Waals surface area contributed by atoms with E-state index in [9.17, 15) is 9.59 Å². The zero-order chi connectivity index (χ0) is 12.3. The van der Waals surface area contributed by atoms with E-state index in [0.717, 1.165) is 37.0 Å². The molecule has 5 fully saturated rings. The fourth-order valence-electron chi connectivity index (χ4n) is 5.51. The summed E-state index contributed by atoms with van der Waals surface area (Å²) < 4.78 is 0. The highest BCUT2D eigenvalue weighted by Crippen LogP contribution is 2.60. The van der Waals surface area contributed by atoms with E-state index < -0.39 is 0 Å². The quantitative estimate of drug-likeness (QED) is 0.710. The SMILES string of the molecule is O=C1CCN(C(=O)C23CC4CC(CC(C4)C2)C3)C1. The Hall–Kier alpha value is -0.860. The highest BCUT2D eigenvalue weighted by Gasteiger charge is 2.55. The molecule has 1 amide bonds. The Kier molecular flexibility index (Phi) is 2.19. The van der Waals surface area contributed by atoms with E-state index in [-0.39, 0.29) is 11.2 Å². The molecule has 98 valence electrons. The van der Waals surface area contributed by atoms with Gasteiger partial charge in [0.25, 0.3) is 0 Å². The van der Waals surface area contributed by atoms with Crippen molar-refractivity contribution in [3.05, 3.63) is 0 Å². The second-order valence-corrected chi connectivity index (χ2v) is 7.21. The summed E-state index contributed by atoms with van der Waals surface area (Å²) in [7, 11) is 0. The van der Waals surface area contributed by atoms with Crippen LogP contribution < -0.4 is 0 Å². The molecule has 0 unspecified atom stereocenters. The van der Waals surface area contributed by atoms with Gasteiger partial charge in [0.2, 0.25) is 5.91 Å². The van der Waals surface area contributed by atoms with Gasteiger partial charge in [-0.1, -0.05) is 0 Å². The summed E-state index contributed by atoms with van der Waals surface area (Å²) in [6.07, 6.45) is 8.02. The van der Waals surface area contributed by atoms with Gasteiger partial charge in [0.1, 0.15) is 0 Å². The Morgan fingerprint density at radius 3 is 2.06 bits per heavy atom. The van der Waals surface area contributed by atoms with Gasteiger partial charge in [-0.3, -0.25) is 9.59 Å². The van der Waals surface area contributed by atoms with E-state index in [1.165, 1.54) is 19.3 Å². The Balaban J connectivity index is 1.60. The molecule has 0 spiro atoms. The number of amides is 1. The lowest BCUT2D eigenvalue weighted by atomic mass is 9.49. The van der Waals surface area contributed by atoms with E-state index >= 15 is 0 Å². The van der Waals surface area contributed by atoms with Crippen molar-refractivity contribution in [2.45, 2.75) is 44.9 Å². The van der Waals surface area contributed by atoms with Crippen LogP contribution in [0.2, 0.25) is 0 Å². The summed E-state index contributed by atoms with van der Waals surface area (Å²) in [5, 5.41) is 0. The van der Waals surface area contributed by atoms with Crippen LogP contribution in [0.25, 0.3) is 0 Å². The van der Waals surface area contributed by atoms with E-state index in [4.69, 9.17) is 0 Å². The molecular formula is C15H21NO2. The number of nitrogens with zero attached hydrogens (tertiary/aromatic N) is 1. The zero-order valence-electron chi connectivity index (χ0n) is 10.9. The average Bonchev–Trinajstić information content (AvgIpc) is 2.73. The minimum atomic E-state index is -0.0562. The predicted octanol–water partition coefficient (Wildman–Crippen LogP) is 2.00. The summed E-state index contributed by atoms with van der Waals surface area (Å²) in [5.41, 5.74) is -0.0562. The summed E-state index contributed by atoms with van der Waals surface area (Å²) >= 11 is 0. The second kappa shape index (κ2) is 3.58. The van der Waals surface area contributed by atoms with Crippen LogP contribution in [0.15, 0.2) is 0 Å². The minimum Gasteiger partial charge on any atom is -0.334 e. The van der Waals surface area contributed by atoms with Crippen molar-refractivity contribution in [1.29, 1.82) is 0 Å². The van der Waals surface area contributed by atoms with Crippen LogP contribution >= 0.6 is 0 Å². The third kappa shape index (κ3) is 1.49. The Morgan fingerprint density at radius 2 is 1.61 bits per heavy atom. The fourth-order valence-corrected chi connectivity index (χ4v) is 5.51. The molecule has 4 aliphatic carbocycles. The predicted molar refractivity (Wildman–Crippen MR) is 66.8 cm³/mol. The Labute approximate surface area is 108 Å². The number of rotatable bonds is 1. The van der Waals surface area contributed by atoms with Gasteiger partial charge in [-0.15, -0.1) is 0 Å². The molecule has 1 saturated heterocycles. The van der Waals surface area contributed by atoms with E-state index in [2.05, 4.69) is 0 Å². The van der Waals surface area contributed by atoms with Crippen LogP contribution in [0.4, 0.5) is 0 Å². The second-order valence-electron chi connectivity index (χ2n) is 7.21. The zero-order valence-corrected chi connectivity index (χ0v) is 10.9. The molecule has 5 aliphatic rings. The molecule has 1 heterocycles. The molecule has 0 atom stereocenters. The van der Waals surface area contributed by atoms with E-state index in [1.807, 2.05) is 4.90 Å². The molecule has 0 N–H and O–H groups in total. The van der Waals surface area contributed by atoms with Gasteiger partial charge in [-0.25, -0.2) is 0 Å². The van der Waals surface area contributed by atoms with Gasteiger partial charge in [0.05, 0.1) is 12.0 Å². The van der Waals surface area contributed by atoms with Crippen LogP contribution in [0.1, 0.15) is 44.9 Å². The minimum absolute atomic E-state index is 0.0562. The molecule has 5 rings (SSSR count). The summed E-state index contributed by atoms with van der Waals surface area (Å²) in [6.45, 7) is 1.07. The topological polar surface area (TPSA) is 37.4 Å². The van der Waals surface area contributed by atoms with Gasteiger partial charge in [0, 0.05) is 13.0 Å². The van der Waals surface area contributed by atoms with Crippen LogP contribution in [0.3, 0.4) is 0 Å². The number of ketones is 1.